The van der Waals surface area contributed by atoms with Crippen molar-refractivity contribution < 1.29 is 18.9 Å². The van der Waals surface area contributed by atoms with E-state index in [9.17, 15) is 19.7 Å². The first-order valence-electron chi connectivity index (χ1n) is 9.27. The van der Waals surface area contributed by atoms with Crippen molar-refractivity contribution in [2.45, 2.75) is 13.5 Å². The van der Waals surface area contributed by atoms with Crippen molar-refractivity contribution in [3.63, 3.8) is 0 Å². The number of hydrogen-bond acceptors (Lipinski definition) is 6. The predicted octanol–water partition coefficient (Wildman–Crippen LogP) is 6.71. The van der Waals surface area contributed by atoms with E-state index in [0.29, 0.717) is 26.9 Å². The SMILES string of the molecule is Cc1ccc(-c2ccc(/C=C3/SC(=O)N(Cc4ccc(Cl)cc4Cl)C3=O)o2)c([N+](=O)[O-])c1. The lowest BCUT2D eigenvalue weighted by Gasteiger charge is -2.13. The van der Waals surface area contributed by atoms with E-state index in [2.05, 4.69) is 0 Å². The molecule has 1 aliphatic heterocycles. The third kappa shape index (κ3) is 4.43. The Morgan fingerprint density at radius 2 is 1.91 bits per heavy atom. The van der Waals surface area contributed by atoms with E-state index in [1.165, 1.54) is 12.1 Å². The number of benzene rings is 2. The van der Waals surface area contributed by atoms with Gasteiger partial charge in [-0.15, -0.1) is 0 Å². The third-order valence-electron chi connectivity index (χ3n) is 4.73. The Kier molecular flexibility index (Phi) is 6.10. The van der Waals surface area contributed by atoms with Crippen molar-refractivity contribution in [3.8, 4) is 11.3 Å². The molecule has 1 aromatic heterocycles. The van der Waals surface area contributed by atoms with Crippen molar-refractivity contribution >= 4 is 57.9 Å². The maximum atomic E-state index is 12.8. The Hall–Kier alpha value is -3.07. The average molecular weight is 489 g/mol. The summed E-state index contributed by atoms with van der Waals surface area (Å²) in [5.74, 6) is 0.102. The number of thioether (sulfide) groups is 1. The molecular formula is C22H14Cl2N2O5S. The number of halogens is 2. The summed E-state index contributed by atoms with van der Waals surface area (Å²) in [6.45, 7) is 1.77. The molecule has 0 unspecified atom stereocenters. The van der Waals surface area contributed by atoms with Gasteiger partial charge in [0.05, 0.1) is 21.9 Å². The fourth-order valence-electron chi connectivity index (χ4n) is 3.16. The van der Waals surface area contributed by atoms with Gasteiger partial charge in [0.2, 0.25) is 0 Å². The fourth-order valence-corrected chi connectivity index (χ4v) is 4.45. The summed E-state index contributed by atoms with van der Waals surface area (Å²) in [6.07, 6.45) is 1.44. The highest BCUT2D eigenvalue weighted by Crippen LogP contribution is 2.36. The van der Waals surface area contributed by atoms with Gasteiger partial charge in [-0.2, -0.15) is 0 Å². The van der Waals surface area contributed by atoms with Crippen LogP contribution in [-0.4, -0.2) is 21.0 Å². The molecule has 0 radical (unpaired) electrons. The van der Waals surface area contributed by atoms with Gasteiger partial charge in [-0.05, 0) is 60.1 Å². The molecule has 3 aromatic rings. The highest BCUT2D eigenvalue weighted by Gasteiger charge is 2.35. The molecule has 162 valence electrons. The Balaban J connectivity index is 1.58. The van der Waals surface area contributed by atoms with Crippen LogP contribution in [0.5, 0.6) is 0 Å². The number of rotatable bonds is 5. The van der Waals surface area contributed by atoms with Crippen molar-refractivity contribution in [3.05, 3.63) is 90.5 Å². The maximum Gasteiger partial charge on any atom is 0.293 e. The molecule has 2 amide bonds. The van der Waals surface area contributed by atoms with Crippen LogP contribution in [0.4, 0.5) is 10.5 Å². The second-order valence-corrected chi connectivity index (χ2v) is 8.82. The zero-order valence-corrected chi connectivity index (χ0v) is 18.8. The van der Waals surface area contributed by atoms with Gasteiger partial charge >= 0.3 is 0 Å². The molecule has 10 heteroatoms. The number of carbonyl (C=O) groups is 2. The Bertz CT molecular complexity index is 1300. The summed E-state index contributed by atoms with van der Waals surface area (Å²) < 4.78 is 5.72. The van der Waals surface area contributed by atoms with Crippen LogP contribution in [-0.2, 0) is 11.3 Å². The molecule has 0 aliphatic carbocycles. The van der Waals surface area contributed by atoms with Gasteiger partial charge in [-0.3, -0.25) is 24.6 Å². The number of hydrogen-bond donors (Lipinski definition) is 0. The van der Waals surface area contributed by atoms with Crippen LogP contribution in [0.15, 0.2) is 57.9 Å². The highest BCUT2D eigenvalue weighted by atomic mass is 35.5. The van der Waals surface area contributed by atoms with Gasteiger partial charge in [0, 0.05) is 22.2 Å². The molecule has 2 aromatic carbocycles. The average Bonchev–Trinajstić information content (AvgIpc) is 3.30. The Labute approximate surface area is 196 Å². The Morgan fingerprint density at radius 3 is 2.62 bits per heavy atom. The number of furan rings is 1. The van der Waals surface area contributed by atoms with Crippen LogP contribution >= 0.6 is 35.0 Å². The number of nitro groups is 1. The zero-order valence-electron chi connectivity index (χ0n) is 16.5. The summed E-state index contributed by atoms with van der Waals surface area (Å²) in [7, 11) is 0. The molecule has 7 nitrogen and oxygen atoms in total. The largest absolute Gasteiger partial charge is 0.456 e. The molecule has 1 saturated heterocycles. The molecule has 4 rings (SSSR count). The molecule has 2 heterocycles. The minimum atomic E-state index is -0.481. The lowest BCUT2D eigenvalue weighted by atomic mass is 10.1. The number of carbonyl (C=O) groups excluding carboxylic acids is 2. The number of nitro benzene ring substituents is 1. The van der Waals surface area contributed by atoms with Crippen LogP contribution in [0.1, 0.15) is 16.9 Å². The maximum absolute atomic E-state index is 12.8. The van der Waals surface area contributed by atoms with E-state index in [0.717, 1.165) is 22.2 Å². The van der Waals surface area contributed by atoms with Crippen molar-refractivity contribution in [1.29, 1.82) is 0 Å². The van der Waals surface area contributed by atoms with E-state index in [1.54, 1.807) is 49.4 Å². The molecule has 0 atom stereocenters. The smallest absolute Gasteiger partial charge is 0.293 e. The highest BCUT2D eigenvalue weighted by molar-refractivity contribution is 8.18. The molecule has 1 fully saturated rings. The molecular weight excluding hydrogens is 475 g/mol. The lowest BCUT2D eigenvalue weighted by Crippen LogP contribution is -2.27. The number of imide groups is 1. The lowest BCUT2D eigenvalue weighted by molar-refractivity contribution is -0.384. The zero-order chi connectivity index (χ0) is 23.0. The van der Waals surface area contributed by atoms with Gasteiger partial charge in [-0.25, -0.2) is 0 Å². The van der Waals surface area contributed by atoms with E-state index in [-0.39, 0.29) is 22.9 Å². The van der Waals surface area contributed by atoms with Crippen LogP contribution < -0.4 is 0 Å². The number of amides is 2. The third-order valence-corrected chi connectivity index (χ3v) is 6.23. The van der Waals surface area contributed by atoms with E-state index >= 15 is 0 Å². The predicted molar refractivity (Wildman–Crippen MR) is 124 cm³/mol. The molecule has 0 bridgehead atoms. The van der Waals surface area contributed by atoms with Crippen LogP contribution in [0, 0.1) is 17.0 Å². The second-order valence-electron chi connectivity index (χ2n) is 6.98. The first-order chi connectivity index (χ1) is 15.2. The fraction of sp³-hybridized carbons (Fsp3) is 0.0909. The van der Waals surface area contributed by atoms with E-state index in [4.69, 9.17) is 27.6 Å². The van der Waals surface area contributed by atoms with Crippen molar-refractivity contribution in [1.82, 2.24) is 4.90 Å². The first-order valence-corrected chi connectivity index (χ1v) is 10.8. The van der Waals surface area contributed by atoms with Crippen molar-refractivity contribution in [2.24, 2.45) is 0 Å². The molecule has 0 N–H and O–H groups in total. The van der Waals surface area contributed by atoms with Crippen LogP contribution in [0.25, 0.3) is 17.4 Å². The molecule has 0 saturated carbocycles. The number of nitrogens with zero attached hydrogens (tertiary/aromatic N) is 2. The monoisotopic (exact) mass is 488 g/mol. The van der Waals surface area contributed by atoms with Gasteiger partial charge < -0.3 is 4.42 Å². The summed E-state index contributed by atoms with van der Waals surface area (Å²) in [4.78, 5) is 37.3. The summed E-state index contributed by atoms with van der Waals surface area (Å²) in [5.41, 5.74) is 1.59. The van der Waals surface area contributed by atoms with Gasteiger partial charge in [0.15, 0.2) is 0 Å². The summed E-state index contributed by atoms with van der Waals surface area (Å²) >= 11 is 12.8. The summed E-state index contributed by atoms with van der Waals surface area (Å²) in [6, 6.07) is 12.8. The van der Waals surface area contributed by atoms with Gasteiger partial charge in [-0.1, -0.05) is 35.3 Å². The topological polar surface area (TPSA) is 93.7 Å². The molecule has 32 heavy (non-hydrogen) atoms. The minimum Gasteiger partial charge on any atom is -0.456 e. The molecule has 0 spiro atoms. The normalized spacial score (nSPS) is 15.1. The van der Waals surface area contributed by atoms with Crippen LogP contribution in [0.2, 0.25) is 10.0 Å². The molecule has 1 aliphatic rings. The van der Waals surface area contributed by atoms with Gasteiger partial charge in [0.25, 0.3) is 16.8 Å². The first kappa shape index (κ1) is 22.1. The quantitative estimate of drug-likeness (QED) is 0.225. The summed E-state index contributed by atoms with van der Waals surface area (Å²) in [5, 5.41) is 11.8. The number of aryl methyl sites for hydroxylation is 1. The van der Waals surface area contributed by atoms with Crippen molar-refractivity contribution in [2.75, 3.05) is 0 Å². The Morgan fingerprint density at radius 1 is 1.12 bits per heavy atom. The van der Waals surface area contributed by atoms with Crippen LogP contribution in [0.3, 0.4) is 0 Å². The van der Waals surface area contributed by atoms with E-state index < -0.39 is 16.1 Å². The second kappa shape index (κ2) is 8.82. The van der Waals surface area contributed by atoms with E-state index in [1.807, 2.05) is 0 Å². The standard InChI is InChI=1S/C22H14Cl2N2O5S/c1-12-2-6-16(18(8-12)26(29)30)19-7-5-15(31-19)10-20-21(27)25(22(28)32-20)11-13-3-4-14(23)9-17(13)24/h2-10H,11H2,1H3/b20-10+. The van der Waals surface area contributed by atoms with Gasteiger partial charge in [0.1, 0.15) is 11.5 Å². The minimum absolute atomic E-state index is 0.0109.